The summed E-state index contributed by atoms with van der Waals surface area (Å²) in [6, 6.07) is 0.623. The van der Waals surface area contributed by atoms with Crippen molar-refractivity contribution in [2.24, 2.45) is 11.8 Å². The molecular formula is C15H28N2O. The molecule has 0 atom stereocenters. The first-order valence-corrected chi connectivity index (χ1v) is 7.72. The van der Waals surface area contributed by atoms with Crippen molar-refractivity contribution in [2.75, 3.05) is 13.1 Å². The fraction of sp³-hybridized carbons (Fsp3) is 0.933. The average Bonchev–Trinajstić information content (AvgIpc) is 2.40. The maximum atomic E-state index is 12.2. The first-order valence-electron chi connectivity index (χ1n) is 7.72. The lowest BCUT2D eigenvalue weighted by molar-refractivity contribution is 0.152. The molecule has 1 aliphatic heterocycles. The maximum absolute atomic E-state index is 12.2. The van der Waals surface area contributed by atoms with Crippen molar-refractivity contribution >= 4 is 6.03 Å². The molecule has 0 aromatic rings. The van der Waals surface area contributed by atoms with Gasteiger partial charge in [-0.2, -0.15) is 0 Å². The minimum Gasteiger partial charge on any atom is -0.335 e. The summed E-state index contributed by atoms with van der Waals surface area (Å²) in [5.41, 5.74) is 0. The van der Waals surface area contributed by atoms with E-state index in [9.17, 15) is 4.79 Å². The van der Waals surface area contributed by atoms with Crippen LogP contribution in [0.4, 0.5) is 4.79 Å². The largest absolute Gasteiger partial charge is 0.335 e. The molecule has 0 bridgehead atoms. The lowest BCUT2D eigenvalue weighted by Crippen LogP contribution is -2.48. The van der Waals surface area contributed by atoms with E-state index in [-0.39, 0.29) is 6.03 Å². The Hall–Kier alpha value is -0.730. The molecule has 1 heterocycles. The molecule has 104 valence electrons. The summed E-state index contributed by atoms with van der Waals surface area (Å²) in [6.07, 6.45) is 8.60. The van der Waals surface area contributed by atoms with Crippen LogP contribution in [0.25, 0.3) is 0 Å². The molecule has 18 heavy (non-hydrogen) atoms. The van der Waals surface area contributed by atoms with Gasteiger partial charge in [-0.1, -0.05) is 33.1 Å². The first-order chi connectivity index (χ1) is 8.66. The summed E-state index contributed by atoms with van der Waals surface area (Å²) >= 11 is 0. The Morgan fingerprint density at radius 1 is 1.06 bits per heavy atom. The molecule has 3 heteroatoms. The van der Waals surface area contributed by atoms with E-state index >= 15 is 0 Å². The molecule has 2 rings (SSSR count). The number of carbonyl (C=O) groups excluding carboxylic acids is 1. The number of rotatable bonds is 2. The fourth-order valence-electron chi connectivity index (χ4n) is 3.28. The van der Waals surface area contributed by atoms with Gasteiger partial charge in [-0.05, 0) is 37.5 Å². The number of carbonyl (C=O) groups is 1. The van der Waals surface area contributed by atoms with Crippen LogP contribution in [0.5, 0.6) is 0 Å². The van der Waals surface area contributed by atoms with E-state index < -0.39 is 0 Å². The quantitative estimate of drug-likeness (QED) is 0.802. The highest BCUT2D eigenvalue weighted by molar-refractivity contribution is 5.74. The van der Waals surface area contributed by atoms with Crippen molar-refractivity contribution in [3.05, 3.63) is 0 Å². The van der Waals surface area contributed by atoms with Gasteiger partial charge in [0.15, 0.2) is 0 Å². The molecule has 0 unspecified atom stereocenters. The molecular weight excluding hydrogens is 224 g/mol. The van der Waals surface area contributed by atoms with Gasteiger partial charge in [0.05, 0.1) is 0 Å². The summed E-state index contributed by atoms with van der Waals surface area (Å²) in [5.74, 6) is 1.57. The molecule has 0 radical (unpaired) electrons. The number of amides is 2. The molecule has 2 aliphatic rings. The minimum absolute atomic E-state index is 0.184. The van der Waals surface area contributed by atoms with E-state index in [0.29, 0.717) is 6.04 Å². The summed E-state index contributed by atoms with van der Waals surface area (Å²) in [5, 5.41) is 3.22. The van der Waals surface area contributed by atoms with Crippen LogP contribution < -0.4 is 5.32 Å². The number of likely N-dealkylation sites (tertiary alicyclic amines) is 1. The molecule has 1 saturated heterocycles. The smallest absolute Gasteiger partial charge is 0.317 e. The SMILES string of the molecule is CC(C)C1CCN(C(=O)NC2CCCCC2)CC1. The monoisotopic (exact) mass is 252 g/mol. The fourth-order valence-corrected chi connectivity index (χ4v) is 3.28. The van der Waals surface area contributed by atoms with Gasteiger partial charge < -0.3 is 10.2 Å². The highest BCUT2D eigenvalue weighted by Crippen LogP contribution is 2.24. The zero-order chi connectivity index (χ0) is 13.0. The van der Waals surface area contributed by atoms with E-state index in [0.717, 1.165) is 24.9 Å². The van der Waals surface area contributed by atoms with Crippen LogP contribution in [0.3, 0.4) is 0 Å². The topological polar surface area (TPSA) is 32.3 Å². The van der Waals surface area contributed by atoms with Gasteiger partial charge in [0.2, 0.25) is 0 Å². The second-order valence-electron chi connectivity index (χ2n) is 6.35. The van der Waals surface area contributed by atoms with Gasteiger partial charge in [-0.25, -0.2) is 4.79 Å². The van der Waals surface area contributed by atoms with Crippen LogP contribution >= 0.6 is 0 Å². The standard InChI is InChI=1S/C15H28N2O/c1-12(2)13-8-10-17(11-9-13)15(18)16-14-6-4-3-5-7-14/h12-14H,3-11H2,1-2H3,(H,16,18). The zero-order valence-corrected chi connectivity index (χ0v) is 12.0. The Morgan fingerprint density at radius 3 is 2.22 bits per heavy atom. The Bertz CT molecular complexity index is 264. The van der Waals surface area contributed by atoms with Crippen molar-refractivity contribution in [1.29, 1.82) is 0 Å². The zero-order valence-electron chi connectivity index (χ0n) is 12.0. The molecule has 0 spiro atoms. The van der Waals surface area contributed by atoms with E-state index in [1.807, 2.05) is 4.90 Å². The van der Waals surface area contributed by atoms with Gasteiger partial charge >= 0.3 is 6.03 Å². The first kappa shape index (κ1) is 13.7. The second kappa shape index (κ2) is 6.44. The number of urea groups is 1. The van der Waals surface area contributed by atoms with Gasteiger partial charge in [-0.15, -0.1) is 0 Å². The van der Waals surface area contributed by atoms with Crippen molar-refractivity contribution in [3.8, 4) is 0 Å². The third-order valence-corrected chi connectivity index (χ3v) is 4.70. The molecule has 3 nitrogen and oxygen atoms in total. The molecule has 2 amide bonds. The summed E-state index contributed by atoms with van der Waals surface area (Å²) < 4.78 is 0. The maximum Gasteiger partial charge on any atom is 0.317 e. The molecule has 0 aromatic carbocycles. The number of hydrogen-bond acceptors (Lipinski definition) is 1. The van der Waals surface area contributed by atoms with Crippen molar-refractivity contribution in [3.63, 3.8) is 0 Å². The van der Waals surface area contributed by atoms with Crippen LogP contribution in [0.15, 0.2) is 0 Å². The van der Waals surface area contributed by atoms with Crippen LogP contribution in [0, 0.1) is 11.8 Å². The highest BCUT2D eigenvalue weighted by Gasteiger charge is 2.26. The van der Waals surface area contributed by atoms with E-state index in [4.69, 9.17) is 0 Å². The van der Waals surface area contributed by atoms with Crippen molar-refractivity contribution in [1.82, 2.24) is 10.2 Å². The normalized spacial score (nSPS) is 23.4. The number of hydrogen-bond donors (Lipinski definition) is 1. The van der Waals surface area contributed by atoms with Crippen molar-refractivity contribution in [2.45, 2.75) is 64.8 Å². The highest BCUT2D eigenvalue weighted by atomic mass is 16.2. The number of nitrogens with one attached hydrogen (secondary N) is 1. The molecule has 0 aromatic heterocycles. The average molecular weight is 252 g/mol. The van der Waals surface area contributed by atoms with Gasteiger partial charge in [0, 0.05) is 19.1 Å². The predicted molar refractivity (Wildman–Crippen MR) is 74.5 cm³/mol. The van der Waals surface area contributed by atoms with E-state index in [1.165, 1.54) is 44.9 Å². The predicted octanol–water partition coefficient (Wildman–Crippen LogP) is 3.40. The summed E-state index contributed by atoms with van der Waals surface area (Å²) in [6.45, 7) is 6.48. The Labute approximate surface area is 111 Å². The number of piperidine rings is 1. The molecule has 1 N–H and O–H groups in total. The summed E-state index contributed by atoms with van der Waals surface area (Å²) in [4.78, 5) is 14.2. The minimum atomic E-state index is 0.184. The second-order valence-corrected chi connectivity index (χ2v) is 6.35. The van der Waals surface area contributed by atoms with Crippen molar-refractivity contribution < 1.29 is 4.79 Å². The summed E-state index contributed by atoms with van der Waals surface area (Å²) in [7, 11) is 0. The third-order valence-electron chi connectivity index (χ3n) is 4.70. The molecule has 2 fully saturated rings. The lowest BCUT2D eigenvalue weighted by Gasteiger charge is -2.35. The lowest BCUT2D eigenvalue weighted by atomic mass is 9.87. The van der Waals surface area contributed by atoms with Gasteiger partial charge in [0.25, 0.3) is 0 Å². The van der Waals surface area contributed by atoms with Crippen LogP contribution in [-0.2, 0) is 0 Å². The Kier molecular flexibility index (Phi) is 4.90. The van der Waals surface area contributed by atoms with Crippen LogP contribution in [-0.4, -0.2) is 30.1 Å². The van der Waals surface area contributed by atoms with Gasteiger partial charge in [0.1, 0.15) is 0 Å². The van der Waals surface area contributed by atoms with Crippen LogP contribution in [0.1, 0.15) is 58.8 Å². The van der Waals surface area contributed by atoms with E-state index in [1.54, 1.807) is 0 Å². The Morgan fingerprint density at radius 2 is 1.67 bits per heavy atom. The number of nitrogens with zero attached hydrogens (tertiary/aromatic N) is 1. The third kappa shape index (κ3) is 3.63. The Balaban J connectivity index is 1.73. The van der Waals surface area contributed by atoms with Crippen LogP contribution in [0.2, 0.25) is 0 Å². The molecule has 1 saturated carbocycles. The van der Waals surface area contributed by atoms with E-state index in [2.05, 4.69) is 19.2 Å². The van der Waals surface area contributed by atoms with Gasteiger partial charge in [-0.3, -0.25) is 0 Å². The molecule has 1 aliphatic carbocycles.